The van der Waals surface area contributed by atoms with Crippen molar-refractivity contribution in [1.29, 1.82) is 0 Å². The van der Waals surface area contributed by atoms with Crippen LogP contribution in [0.4, 0.5) is 0 Å². The predicted octanol–water partition coefficient (Wildman–Crippen LogP) is 2.90. The number of fused-ring (bicyclic) bond motifs is 1. The van der Waals surface area contributed by atoms with Gasteiger partial charge in [0.1, 0.15) is 11.6 Å². The first-order valence-electron chi connectivity index (χ1n) is 6.22. The van der Waals surface area contributed by atoms with Gasteiger partial charge in [-0.2, -0.15) is 0 Å². The summed E-state index contributed by atoms with van der Waals surface area (Å²) < 4.78 is 9.03. The highest BCUT2D eigenvalue weighted by molar-refractivity contribution is 14.1. The van der Waals surface area contributed by atoms with E-state index in [-0.39, 0.29) is 5.56 Å². The minimum atomic E-state index is -0.00942. The lowest BCUT2D eigenvalue weighted by molar-refractivity contribution is 0.352. The van der Waals surface area contributed by atoms with Gasteiger partial charge in [0.05, 0.1) is 16.7 Å². The smallest absolute Gasteiger partial charge is 0.267 e. The number of nitrogens with zero attached hydrogens (tertiary/aromatic N) is 2. The monoisotopic (exact) mass is 446 g/mol. The second-order valence-electron chi connectivity index (χ2n) is 4.70. The van der Waals surface area contributed by atoms with Gasteiger partial charge in [-0.25, -0.2) is 4.98 Å². The highest BCUT2D eigenvalue weighted by Gasteiger charge is 2.18. The molecule has 6 heteroatoms. The Labute approximate surface area is 138 Å². The molecule has 4 nitrogen and oxygen atoms in total. The van der Waals surface area contributed by atoms with Crippen molar-refractivity contribution >= 4 is 38.5 Å². The molecule has 0 radical (unpaired) electrons. The second-order valence-corrected chi connectivity index (χ2v) is 6.77. The lowest BCUT2D eigenvalue weighted by Gasteiger charge is -2.13. The summed E-state index contributed by atoms with van der Waals surface area (Å²) in [5.74, 6) is 1.63. The molecule has 0 spiro atoms. The molecule has 1 aromatic heterocycles. The van der Waals surface area contributed by atoms with Crippen molar-refractivity contribution in [2.75, 3.05) is 6.61 Å². The maximum Gasteiger partial charge on any atom is 0.267 e. The van der Waals surface area contributed by atoms with Crippen LogP contribution in [0.5, 0.6) is 5.75 Å². The van der Waals surface area contributed by atoms with Gasteiger partial charge in [-0.1, -0.05) is 15.9 Å². The summed E-state index contributed by atoms with van der Waals surface area (Å²) in [5.41, 5.74) is 2.20. The van der Waals surface area contributed by atoms with E-state index in [9.17, 15) is 4.79 Å². The van der Waals surface area contributed by atoms with Crippen molar-refractivity contribution in [3.05, 3.63) is 53.7 Å². The van der Waals surface area contributed by atoms with Crippen LogP contribution in [-0.2, 0) is 13.0 Å². The maximum atomic E-state index is 12.2. The van der Waals surface area contributed by atoms with E-state index >= 15 is 0 Å². The molecule has 2 aromatic rings. The van der Waals surface area contributed by atoms with Crippen molar-refractivity contribution in [2.45, 2.75) is 19.9 Å². The third-order valence-corrected chi connectivity index (χ3v) is 4.56. The molecule has 0 atom stereocenters. The van der Waals surface area contributed by atoms with Crippen LogP contribution in [0.25, 0.3) is 0 Å². The molecular weight excluding hydrogens is 435 g/mol. The number of ether oxygens (including phenoxy) is 1. The fourth-order valence-electron chi connectivity index (χ4n) is 2.37. The van der Waals surface area contributed by atoms with Crippen molar-refractivity contribution in [2.24, 2.45) is 0 Å². The molecule has 2 heterocycles. The van der Waals surface area contributed by atoms with E-state index in [1.54, 1.807) is 10.8 Å². The Bertz CT molecular complexity index is 743. The highest BCUT2D eigenvalue weighted by Crippen LogP contribution is 2.33. The van der Waals surface area contributed by atoms with Gasteiger partial charge in [0.2, 0.25) is 0 Å². The minimum absolute atomic E-state index is 0.00942. The molecule has 0 bridgehead atoms. The first kappa shape index (κ1) is 14.1. The van der Waals surface area contributed by atoms with E-state index in [0.29, 0.717) is 22.5 Å². The average Bonchev–Trinajstić information content (AvgIpc) is 2.87. The van der Waals surface area contributed by atoms with Gasteiger partial charge in [-0.3, -0.25) is 9.36 Å². The summed E-state index contributed by atoms with van der Waals surface area (Å²) in [4.78, 5) is 16.5. The molecule has 0 aliphatic carbocycles. The van der Waals surface area contributed by atoms with Gasteiger partial charge in [0.15, 0.2) is 0 Å². The molecule has 3 rings (SSSR count). The summed E-state index contributed by atoms with van der Waals surface area (Å²) in [6.45, 7) is 3.03. The van der Waals surface area contributed by atoms with Crippen molar-refractivity contribution in [3.8, 4) is 5.75 Å². The molecule has 0 unspecified atom stereocenters. The molecule has 104 valence electrons. The van der Waals surface area contributed by atoms with Gasteiger partial charge < -0.3 is 4.74 Å². The van der Waals surface area contributed by atoms with Crippen LogP contribution in [0.3, 0.4) is 0 Å². The van der Waals surface area contributed by atoms with Crippen LogP contribution in [-0.4, -0.2) is 16.2 Å². The van der Waals surface area contributed by atoms with E-state index in [1.807, 2.05) is 35.6 Å². The molecular formula is C14H12BrIN2O2. The maximum absolute atomic E-state index is 12.2. The van der Waals surface area contributed by atoms with Crippen molar-refractivity contribution < 1.29 is 4.74 Å². The predicted molar refractivity (Wildman–Crippen MR) is 88.4 cm³/mol. The van der Waals surface area contributed by atoms with Gasteiger partial charge in [0.25, 0.3) is 5.56 Å². The number of aryl methyl sites for hydroxylation is 1. The zero-order valence-electron chi connectivity index (χ0n) is 10.8. The zero-order valence-corrected chi connectivity index (χ0v) is 14.6. The molecule has 0 fully saturated rings. The third kappa shape index (κ3) is 2.50. The first-order valence-corrected chi connectivity index (χ1v) is 8.09. The van der Waals surface area contributed by atoms with E-state index < -0.39 is 0 Å². The topological polar surface area (TPSA) is 44.1 Å². The Hall–Kier alpha value is -0.890. The van der Waals surface area contributed by atoms with E-state index in [0.717, 1.165) is 22.2 Å². The first-order chi connectivity index (χ1) is 9.56. The van der Waals surface area contributed by atoms with Crippen LogP contribution in [0, 0.1) is 10.5 Å². The summed E-state index contributed by atoms with van der Waals surface area (Å²) in [6, 6.07) is 4.09. The summed E-state index contributed by atoms with van der Waals surface area (Å²) in [7, 11) is 0. The van der Waals surface area contributed by atoms with Crippen LogP contribution in [0.15, 0.2) is 27.6 Å². The lowest BCUT2D eigenvalue weighted by Crippen LogP contribution is -2.26. The molecule has 0 N–H and O–H groups in total. The molecule has 1 aliphatic rings. The fraction of sp³-hybridized carbons (Fsp3) is 0.286. The molecule has 1 aromatic carbocycles. The molecule has 0 saturated heterocycles. The Balaban J connectivity index is 2.09. The fourth-order valence-corrected chi connectivity index (χ4v) is 3.35. The number of rotatable bonds is 2. The lowest BCUT2D eigenvalue weighted by atomic mass is 10.1. The number of hydrogen-bond donors (Lipinski definition) is 0. The van der Waals surface area contributed by atoms with Crippen LogP contribution in [0.1, 0.15) is 17.0 Å². The standard InChI is InChI=1S/C14H12BrIN2O2/c1-8-17-6-12(16)14(19)18(8)7-10-5-11(15)4-9-2-3-20-13(9)10/h4-6H,2-3,7H2,1H3. The molecule has 0 amide bonds. The quantitative estimate of drug-likeness (QED) is 0.666. The van der Waals surface area contributed by atoms with Crippen molar-refractivity contribution in [1.82, 2.24) is 9.55 Å². The van der Waals surface area contributed by atoms with Crippen LogP contribution < -0.4 is 10.3 Å². The number of hydrogen-bond acceptors (Lipinski definition) is 3. The zero-order chi connectivity index (χ0) is 14.3. The third-order valence-electron chi connectivity index (χ3n) is 3.36. The van der Waals surface area contributed by atoms with Gasteiger partial charge in [0, 0.05) is 22.7 Å². The summed E-state index contributed by atoms with van der Waals surface area (Å²) in [5, 5.41) is 0. The normalized spacial score (nSPS) is 13.2. The highest BCUT2D eigenvalue weighted by atomic mass is 127. The Kier molecular flexibility index (Phi) is 3.85. The number of halogens is 2. The number of benzene rings is 1. The molecule has 20 heavy (non-hydrogen) atoms. The summed E-state index contributed by atoms with van der Waals surface area (Å²) >= 11 is 5.54. The van der Waals surface area contributed by atoms with E-state index in [1.165, 1.54) is 5.56 Å². The second kappa shape index (κ2) is 5.48. The van der Waals surface area contributed by atoms with E-state index in [2.05, 4.69) is 27.0 Å². The SMILES string of the molecule is Cc1ncc(I)c(=O)n1Cc1cc(Br)cc2c1OCC2. The average molecular weight is 447 g/mol. The van der Waals surface area contributed by atoms with Crippen molar-refractivity contribution in [3.63, 3.8) is 0 Å². The van der Waals surface area contributed by atoms with E-state index in [4.69, 9.17) is 4.74 Å². The van der Waals surface area contributed by atoms with Gasteiger partial charge in [-0.05, 0) is 47.2 Å². The Morgan fingerprint density at radius 1 is 1.50 bits per heavy atom. The molecule has 1 aliphatic heterocycles. The molecule has 0 saturated carbocycles. The van der Waals surface area contributed by atoms with Gasteiger partial charge >= 0.3 is 0 Å². The van der Waals surface area contributed by atoms with Gasteiger partial charge in [-0.15, -0.1) is 0 Å². The Morgan fingerprint density at radius 3 is 3.10 bits per heavy atom. The largest absolute Gasteiger partial charge is 0.493 e. The Morgan fingerprint density at radius 2 is 2.30 bits per heavy atom. The van der Waals surface area contributed by atoms with Crippen LogP contribution in [0.2, 0.25) is 0 Å². The summed E-state index contributed by atoms with van der Waals surface area (Å²) in [6.07, 6.45) is 2.52. The minimum Gasteiger partial charge on any atom is -0.493 e. The number of aromatic nitrogens is 2. The van der Waals surface area contributed by atoms with Crippen LogP contribution >= 0.6 is 38.5 Å².